The van der Waals surface area contributed by atoms with Crippen LogP contribution >= 0.6 is 11.6 Å². The number of rotatable bonds is 8. The summed E-state index contributed by atoms with van der Waals surface area (Å²) in [5.41, 5.74) is -0.0867. The average Bonchev–Trinajstić information content (AvgIpc) is 3.81. The molecule has 6 aromatic rings. The summed E-state index contributed by atoms with van der Waals surface area (Å²) < 4.78 is 105. The molecule has 1 aliphatic rings. The molecule has 1 aliphatic heterocycles. The van der Waals surface area contributed by atoms with E-state index in [2.05, 4.69) is 30.3 Å². The normalized spacial score (nSPS) is 14.2. The van der Waals surface area contributed by atoms with Gasteiger partial charge in [-0.25, -0.2) is 8.78 Å². The fraction of sp³-hybridized carbons (Fsp3) is 0.179. The molecule has 0 unspecified atom stereocenters. The second-order valence-electron chi connectivity index (χ2n) is 10.3. The number of nitrogens with zero attached hydrogens (tertiary/aromatic N) is 10. The topological polar surface area (TPSA) is 105 Å². The predicted molar refractivity (Wildman–Crippen MR) is 146 cm³/mol. The van der Waals surface area contributed by atoms with Crippen LogP contribution in [0.5, 0.6) is 0 Å². The van der Waals surface area contributed by atoms with Gasteiger partial charge in [-0.15, -0.1) is 5.10 Å². The molecule has 5 aromatic heterocycles. The number of tetrazole rings is 1. The highest BCUT2D eigenvalue weighted by atomic mass is 35.5. The number of alkyl halides is 5. The van der Waals surface area contributed by atoms with Gasteiger partial charge in [-0.2, -0.15) is 31.7 Å². The van der Waals surface area contributed by atoms with E-state index >= 15 is 4.39 Å². The first-order chi connectivity index (χ1) is 23.0. The molecule has 7 rings (SSSR count). The minimum absolute atomic E-state index is 0.0196. The van der Waals surface area contributed by atoms with Gasteiger partial charge in [0, 0.05) is 22.0 Å². The Labute approximate surface area is 268 Å². The molecule has 12 nitrogen and oxygen atoms in total. The maximum atomic E-state index is 15.6. The van der Waals surface area contributed by atoms with Crippen molar-refractivity contribution < 1.29 is 49.8 Å². The van der Waals surface area contributed by atoms with E-state index in [0.29, 0.717) is 11.3 Å². The second kappa shape index (κ2) is 12.0. The van der Waals surface area contributed by atoms with E-state index in [1.807, 2.05) is 0 Å². The van der Waals surface area contributed by atoms with Gasteiger partial charge in [0.25, 0.3) is 6.04 Å². The number of halogens is 8. The molecular formula is C28H18ClF7N10O2+2. The molecule has 0 bridgehead atoms. The number of hydrogen-bond donors (Lipinski definition) is 0. The zero-order valence-corrected chi connectivity index (χ0v) is 24.6. The molecule has 1 aromatic carbocycles. The summed E-state index contributed by atoms with van der Waals surface area (Å²) in [6.07, 6.45) is 2.93. The van der Waals surface area contributed by atoms with Gasteiger partial charge in [0.2, 0.25) is 18.1 Å². The highest BCUT2D eigenvalue weighted by Gasteiger charge is 2.43. The highest BCUT2D eigenvalue weighted by Crippen LogP contribution is 2.34. The first kappa shape index (κ1) is 31.2. The van der Waals surface area contributed by atoms with Crippen LogP contribution in [-0.2, 0) is 24.1 Å². The highest BCUT2D eigenvalue weighted by molar-refractivity contribution is 6.31. The second-order valence-corrected chi connectivity index (χ2v) is 10.7. The number of aromatic nitrogens is 10. The molecule has 0 amide bonds. The van der Waals surface area contributed by atoms with Crippen LogP contribution in [0, 0.1) is 11.6 Å². The average molecular weight is 695 g/mol. The fourth-order valence-electron chi connectivity index (χ4n) is 5.22. The Bertz CT molecular complexity index is 2140. The lowest BCUT2D eigenvalue weighted by Crippen LogP contribution is -2.66. The van der Waals surface area contributed by atoms with E-state index in [1.54, 1.807) is 12.1 Å². The minimum Gasteiger partial charge on any atom is -0.316 e. The largest absolute Gasteiger partial charge is 0.433 e. The molecule has 0 saturated heterocycles. The monoisotopic (exact) mass is 694 g/mol. The first-order valence-electron chi connectivity index (χ1n) is 13.7. The molecule has 0 radical (unpaired) electrons. The zero-order chi connectivity index (χ0) is 33.7. The fourth-order valence-corrected chi connectivity index (χ4v) is 5.38. The van der Waals surface area contributed by atoms with E-state index in [9.17, 15) is 26.3 Å². The Kier molecular flexibility index (Phi) is 7.78. The molecule has 6 heterocycles. The minimum atomic E-state index is -4.70. The molecule has 48 heavy (non-hydrogen) atoms. The third-order valence-electron chi connectivity index (χ3n) is 7.36. The van der Waals surface area contributed by atoms with E-state index in [0.717, 1.165) is 18.5 Å². The third-order valence-corrected chi connectivity index (χ3v) is 7.65. The summed E-state index contributed by atoms with van der Waals surface area (Å²) in [6.45, 7) is -4.05. The summed E-state index contributed by atoms with van der Waals surface area (Å²) in [6, 6.07) is 7.46. The van der Waals surface area contributed by atoms with Crippen molar-refractivity contribution in [1.82, 2.24) is 39.8 Å². The summed E-state index contributed by atoms with van der Waals surface area (Å²) in [7, 11) is 0. The van der Waals surface area contributed by atoms with Crippen LogP contribution in [0.1, 0.15) is 23.1 Å². The molecular weight excluding hydrogens is 677 g/mol. The molecule has 0 fully saturated rings. The summed E-state index contributed by atoms with van der Waals surface area (Å²) in [5.74, 6) is -1.67. The summed E-state index contributed by atoms with van der Waals surface area (Å²) >= 11 is 6.13. The van der Waals surface area contributed by atoms with Gasteiger partial charge in [-0.1, -0.05) is 16.5 Å². The van der Waals surface area contributed by atoms with Gasteiger partial charge < -0.3 is 4.74 Å². The quantitative estimate of drug-likeness (QED) is 0.174. The Morgan fingerprint density at radius 1 is 1.02 bits per heavy atom. The maximum absolute atomic E-state index is 15.6. The Morgan fingerprint density at radius 3 is 2.60 bits per heavy atom. The summed E-state index contributed by atoms with van der Waals surface area (Å²) in [5, 5.41) is 14.9. The van der Waals surface area contributed by atoms with Gasteiger partial charge in [0.1, 0.15) is 36.0 Å². The van der Waals surface area contributed by atoms with Crippen LogP contribution in [0.2, 0.25) is 5.02 Å². The standard InChI is InChI=1S/C28H18ClF7N10O2/c29-18-2-4-22(43-14-38-40-41-43)25(26(18)31)16-1-3-21-23(12-42-11-19(30)20(39-42)13-47-27(32)33)44-8-17(10-46(44)48-45(21)9-16)15-5-6-37-24(7-15)28(34,35)36/h1-11,14,23,27H,12-13H2/q+2/t23-/m0/s1. The summed E-state index contributed by atoms with van der Waals surface area (Å²) in [4.78, 5) is 10.7. The first-order valence-corrected chi connectivity index (χ1v) is 14.1. The number of fused-ring (bicyclic) bond motifs is 2. The number of pyridine rings is 2. The van der Waals surface area contributed by atoms with Crippen LogP contribution in [0.15, 0.2) is 73.7 Å². The van der Waals surface area contributed by atoms with E-state index in [4.69, 9.17) is 16.5 Å². The lowest BCUT2D eigenvalue weighted by molar-refractivity contribution is -1.01. The van der Waals surface area contributed by atoms with Crippen molar-refractivity contribution in [3.8, 4) is 27.9 Å². The van der Waals surface area contributed by atoms with Crippen LogP contribution in [-0.4, -0.2) is 46.4 Å². The van der Waals surface area contributed by atoms with Crippen LogP contribution in [0.25, 0.3) is 27.9 Å². The molecule has 20 heteroatoms. The number of benzene rings is 1. The van der Waals surface area contributed by atoms with E-state index < -0.39 is 42.8 Å². The predicted octanol–water partition coefficient (Wildman–Crippen LogP) is 4.15. The van der Waals surface area contributed by atoms with Crippen molar-refractivity contribution in [3.63, 3.8) is 0 Å². The van der Waals surface area contributed by atoms with Crippen LogP contribution in [0.3, 0.4) is 0 Å². The van der Waals surface area contributed by atoms with E-state index in [-0.39, 0.29) is 39.6 Å². The van der Waals surface area contributed by atoms with Crippen molar-refractivity contribution in [3.05, 3.63) is 107 Å². The Hall–Kier alpha value is -5.43. The lowest BCUT2D eigenvalue weighted by Gasteiger charge is -2.16. The molecule has 1 atom stereocenters. The van der Waals surface area contributed by atoms with Gasteiger partial charge in [-0.3, -0.25) is 9.67 Å². The molecule has 0 spiro atoms. The SMILES string of the molecule is Fc1cn(C[C@H]2c3ccc(-c4c(-n5cnnn5)ccc(Cl)c4F)c[n+]3On3cc(-c4ccnc(C(F)(F)F)c4)c[n+]32)nc1COC(F)F. The molecule has 0 saturated carbocycles. The Balaban J connectivity index is 1.33. The molecule has 0 N–H and O–H groups in total. The smallest absolute Gasteiger partial charge is 0.316 e. The lowest BCUT2D eigenvalue weighted by atomic mass is 10.0. The maximum Gasteiger partial charge on any atom is 0.433 e. The van der Waals surface area contributed by atoms with Crippen molar-refractivity contribution in [2.75, 3.05) is 0 Å². The van der Waals surface area contributed by atoms with Crippen molar-refractivity contribution >= 4 is 11.6 Å². The number of ether oxygens (including phenoxy) is 1. The van der Waals surface area contributed by atoms with Crippen molar-refractivity contribution in [2.45, 2.75) is 32.0 Å². The van der Waals surface area contributed by atoms with Crippen LogP contribution in [0.4, 0.5) is 30.7 Å². The third kappa shape index (κ3) is 5.81. The van der Waals surface area contributed by atoms with Crippen molar-refractivity contribution in [1.29, 1.82) is 0 Å². The molecule has 246 valence electrons. The van der Waals surface area contributed by atoms with E-state index in [1.165, 1.54) is 66.7 Å². The van der Waals surface area contributed by atoms with Gasteiger partial charge in [-0.05, 0) is 57.1 Å². The van der Waals surface area contributed by atoms with Crippen LogP contribution < -0.4 is 14.4 Å². The van der Waals surface area contributed by atoms with Gasteiger partial charge >= 0.3 is 12.8 Å². The van der Waals surface area contributed by atoms with Gasteiger partial charge in [0.05, 0.1) is 23.5 Å². The van der Waals surface area contributed by atoms with Gasteiger partial charge in [0.15, 0.2) is 16.5 Å². The number of hydrogen-bond acceptors (Lipinski definition) is 7. The zero-order valence-electron chi connectivity index (χ0n) is 23.8. The molecule has 0 aliphatic carbocycles. The van der Waals surface area contributed by atoms with Crippen molar-refractivity contribution in [2.24, 2.45) is 0 Å². The Morgan fingerprint density at radius 2 is 1.85 bits per heavy atom.